The van der Waals surface area contributed by atoms with Crippen LogP contribution in [0.3, 0.4) is 0 Å². The summed E-state index contributed by atoms with van der Waals surface area (Å²) in [5.74, 6) is -0.778. The van der Waals surface area contributed by atoms with Crippen LogP contribution >= 0.6 is 0 Å². The van der Waals surface area contributed by atoms with Crippen molar-refractivity contribution in [2.45, 2.75) is 32.5 Å². The van der Waals surface area contributed by atoms with Crippen LogP contribution in [0, 0.1) is 11.8 Å². The number of carbonyl (C=O) groups excluding carboxylic acids is 2. The number of benzene rings is 1. The molecular weight excluding hydrogens is 324 g/mol. The van der Waals surface area contributed by atoms with E-state index in [1.807, 2.05) is 6.92 Å². The second-order valence-electron chi connectivity index (χ2n) is 6.87. The quantitative estimate of drug-likeness (QED) is 0.863. The smallest absolute Gasteiger partial charge is 0.334 e. The van der Waals surface area contributed by atoms with Crippen molar-refractivity contribution in [1.29, 1.82) is 0 Å². The SMILES string of the molecule is CC1CC1C(=O)Nc1ccc(C(=O)N2CC(C(=O)O)O[C@H](C)C2)cc1. The second-order valence-corrected chi connectivity index (χ2v) is 6.87. The van der Waals surface area contributed by atoms with E-state index in [0.717, 1.165) is 6.42 Å². The molecule has 0 spiro atoms. The van der Waals surface area contributed by atoms with E-state index in [-0.39, 0.29) is 30.4 Å². The van der Waals surface area contributed by atoms with E-state index in [1.165, 1.54) is 4.90 Å². The monoisotopic (exact) mass is 346 g/mol. The molecule has 1 aromatic carbocycles. The summed E-state index contributed by atoms with van der Waals surface area (Å²) in [6, 6.07) is 6.67. The Balaban J connectivity index is 1.64. The second kappa shape index (κ2) is 6.84. The van der Waals surface area contributed by atoms with Crippen LogP contribution < -0.4 is 5.32 Å². The fourth-order valence-corrected chi connectivity index (χ4v) is 3.05. The molecule has 3 rings (SSSR count). The van der Waals surface area contributed by atoms with Gasteiger partial charge in [0.1, 0.15) is 0 Å². The minimum Gasteiger partial charge on any atom is -0.479 e. The number of ether oxygens (including phenoxy) is 1. The lowest BCUT2D eigenvalue weighted by Gasteiger charge is -2.35. The third-order valence-corrected chi connectivity index (χ3v) is 4.67. The standard InChI is InChI=1S/C18H22N2O5/c1-10-7-14(10)16(21)19-13-5-3-12(4-6-13)17(22)20-8-11(2)25-15(9-20)18(23)24/h3-6,10-11,14-15H,7-9H2,1-2H3,(H,19,21)(H,23,24)/t10?,11-,14?,15?/m1/s1. The first-order valence-corrected chi connectivity index (χ1v) is 8.43. The molecule has 3 unspecified atom stereocenters. The van der Waals surface area contributed by atoms with Crippen LogP contribution in [0.4, 0.5) is 5.69 Å². The van der Waals surface area contributed by atoms with E-state index in [0.29, 0.717) is 23.7 Å². The van der Waals surface area contributed by atoms with Gasteiger partial charge in [-0.2, -0.15) is 0 Å². The van der Waals surface area contributed by atoms with E-state index in [1.54, 1.807) is 31.2 Å². The maximum absolute atomic E-state index is 12.6. The van der Waals surface area contributed by atoms with E-state index < -0.39 is 12.1 Å². The van der Waals surface area contributed by atoms with Crippen molar-refractivity contribution in [3.63, 3.8) is 0 Å². The summed E-state index contributed by atoms with van der Waals surface area (Å²) in [5.41, 5.74) is 1.11. The molecule has 1 saturated heterocycles. The average Bonchev–Trinajstić information content (AvgIpc) is 3.31. The maximum atomic E-state index is 12.6. The number of aliphatic carboxylic acids is 1. The lowest BCUT2D eigenvalue weighted by Crippen LogP contribution is -2.51. The summed E-state index contributed by atoms with van der Waals surface area (Å²) in [5, 5.41) is 12.0. The van der Waals surface area contributed by atoms with Crippen LogP contribution in [-0.4, -0.2) is 53.1 Å². The van der Waals surface area contributed by atoms with Crippen LogP contribution in [0.25, 0.3) is 0 Å². The first-order chi connectivity index (χ1) is 11.8. The van der Waals surface area contributed by atoms with Crippen LogP contribution in [0.2, 0.25) is 0 Å². The minimum atomic E-state index is -1.07. The normalized spacial score (nSPS) is 28.3. The number of carboxylic acid groups (broad SMARTS) is 1. The Morgan fingerprint density at radius 3 is 2.36 bits per heavy atom. The van der Waals surface area contributed by atoms with Crippen LogP contribution in [0.15, 0.2) is 24.3 Å². The zero-order valence-corrected chi connectivity index (χ0v) is 14.3. The molecule has 2 fully saturated rings. The fourth-order valence-electron chi connectivity index (χ4n) is 3.05. The highest BCUT2D eigenvalue weighted by molar-refractivity contribution is 5.97. The number of anilines is 1. The molecule has 2 aliphatic rings. The molecule has 0 bridgehead atoms. The number of hydrogen-bond acceptors (Lipinski definition) is 4. The third kappa shape index (κ3) is 3.99. The van der Waals surface area contributed by atoms with Gasteiger partial charge in [-0.3, -0.25) is 9.59 Å². The van der Waals surface area contributed by atoms with Crippen molar-refractivity contribution in [2.75, 3.05) is 18.4 Å². The topological polar surface area (TPSA) is 95.9 Å². The summed E-state index contributed by atoms with van der Waals surface area (Å²) in [7, 11) is 0. The molecule has 7 nitrogen and oxygen atoms in total. The molecule has 2 N–H and O–H groups in total. The van der Waals surface area contributed by atoms with E-state index >= 15 is 0 Å². The molecule has 25 heavy (non-hydrogen) atoms. The number of carbonyl (C=O) groups is 3. The van der Waals surface area contributed by atoms with Crippen LogP contribution in [0.5, 0.6) is 0 Å². The molecule has 134 valence electrons. The third-order valence-electron chi connectivity index (χ3n) is 4.67. The van der Waals surface area contributed by atoms with Gasteiger partial charge in [-0.25, -0.2) is 4.79 Å². The zero-order chi connectivity index (χ0) is 18.1. The van der Waals surface area contributed by atoms with Crippen LogP contribution in [0.1, 0.15) is 30.6 Å². The van der Waals surface area contributed by atoms with Gasteiger partial charge >= 0.3 is 5.97 Å². The predicted octanol–water partition coefficient (Wildman–Crippen LogP) is 1.60. The number of hydrogen-bond donors (Lipinski definition) is 2. The number of morpholine rings is 1. The van der Waals surface area contributed by atoms with Crippen molar-refractivity contribution in [1.82, 2.24) is 4.90 Å². The summed E-state index contributed by atoms with van der Waals surface area (Å²) in [6.45, 7) is 4.16. The van der Waals surface area contributed by atoms with Gasteiger partial charge in [0.05, 0.1) is 12.6 Å². The van der Waals surface area contributed by atoms with E-state index in [4.69, 9.17) is 9.84 Å². The van der Waals surface area contributed by atoms with Gasteiger partial charge < -0.3 is 20.1 Å². The van der Waals surface area contributed by atoms with Crippen molar-refractivity contribution >= 4 is 23.5 Å². The summed E-state index contributed by atoms with van der Waals surface area (Å²) < 4.78 is 5.32. The van der Waals surface area contributed by atoms with Gasteiger partial charge in [0.25, 0.3) is 5.91 Å². The molecule has 4 atom stereocenters. The molecule has 7 heteroatoms. The van der Waals surface area contributed by atoms with Crippen molar-refractivity contribution in [3.05, 3.63) is 29.8 Å². The lowest BCUT2D eigenvalue weighted by molar-refractivity contribution is -0.160. The highest BCUT2D eigenvalue weighted by Crippen LogP contribution is 2.38. The first kappa shape index (κ1) is 17.4. The Kier molecular flexibility index (Phi) is 4.76. The summed E-state index contributed by atoms with van der Waals surface area (Å²) in [4.78, 5) is 37.2. The van der Waals surface area contributed by atoms with Crippen molar-refractivity contribution in [3.8, 4) is 0 Å². The number of nitrogens with zero attached hydrogens (tertiary/aromatic N) is 1. The summed E-state index contributed by atoms with van der Waals surface area (Å²) >= 11 is 0. The van der Waals surface area contributed by atoms with Crippen molar-refractivity contribution in [2.24, 2.45) is 11.8 Å². The molecule has 1 aliphatic carbocycles. The van der Waals surface area contributed by atoms with E-state index in [9.17, 15) is 14.4 Å². The predicted molar refractivity (Wildman–Crippen MR) is 90.2 cm³/mol. The number of carboxylic acids is 1. The largest absolute Gasteiger partial charge is 0.479 e. The van der Waals surface area contributed by atoms with Gasteiger partial charge in [0.15, 0.2) is 6.10 Å². The number of amides is 2. The Morgan fingerprint density at radius 2 is 1.80 bits per heavy atom. The summed E-state index contributed by atoms with van der Waals surface area (Å²) in [6.07, 6.45) is -0.424. The molecule has 1 aromatic rings. The van der Waals surface area contributed by atoms with Gasteiger partial charge in [0, 0.05) is 23.7 Å². The van der Waals surface area contributed by atoms with E-state index in [2.05, 4.69) is 5.32 Å². The number of nitrogens with one attached hydrogen (secondary N) is 1. The van der Waals surface area contributed by atoms with Crippen molar-refractivity contribution < 1.29 is 24.2 Å². The molecule has 1 saturated carbocycles. The molecule has 1 aliphatic heterocycles. The number of rotatable bonds is 4. The first-order valence-electron chi connectivity index (χ1n) is 8.43. The molecule has 0 radical (unpaired) electrons. The maximum Gasteiger partial charge on any atom is 0.334 e. The highest BCUT2D eigenvalue weighted by atomic mass is 16.5. The Labute approximate surface area is 146 Å². The fraction of sp³-hybridized carbons (Fsp3) is 0.500. The molecule has 0 aromatic heterocycles. The van der Waals surface area contributed by atoms with Crippen LogP contribution in [-0.2, 0) is 14.3 Å². The molecule has 1 heterocycles. The average molecular weight is 346 g/mol. The Morgan fingerprint density at radius 1 is 1.16 bits per heavy atom. The van der Waals surface area contributed by atoms with Gasteiger partial charge in [-0.1, -0.05) is 6.92 Å². The molecular formula is C18H22N2O5. The molecule has 2 amide bonds. The zero-order valence-electron chi connectivity index (χ0n) is 14.3. The van der Waals surface area contributed by atoms with Gasteiger partial charge in [-0.15, -0.1) is 0 Å². The minimum absolute atomic E-state index is 0.0119. The Hall–Kier alpha value is -2.41. The van der Waals surface area contributed by atoms with Gasteiger partial charge in [-0.05, 0) is 43.5 Å². The van der Waals surface area contributed by atoms with Gasteiger partial charge in [0.2, 0.25) is 5.91 Å². The Bertz CT molecular complexity index is 687. The lowest BCUT2D eigenvalue weighted by atomic mass is 10.1. The highest BCUT2D eigenvalue weighted by Gasteiger charge is 2.39.